The van der Waals surface area contributed by atoms with Crippen molar-refractivity contribution in [2.24, 2.45) is 5.92 Å². The van der Waals surface area contributed by atoms with Crippen LogP contribution in [0.1, 0.15) is 12.5 Å². The Morgan fingerprint density at radius 2 is 1.82 bits per heavy atom. The van der Waals surface area contributed by atoms with E-state index in [1.807, 2.05) is 18.2 Å². The molecule has 0 aliphatic heterocycles. The number of nitrogens with zero attached hydrogens (tertiary/aromatic N) is 1. The fraction of sp³-hybridized carbons (Fsp3) is 0.222. The van der Waals surface area contributed by atoms with Crippen LogP contribution in [-0.2, 0) is 6.42 Å². The first kappa shape index (κ1) is 16.5. The van der Waals surface area contributed by atoms with Crippen molar-refractivity contribution in [1.82, 2.24) is 0 Å². The van der Waals surface area contributed by atoms with E-state index in [2.05, 4.69) is 43.3 Å². The molecule has 0 unspecified atom stereocenters. The van der Waals surface area contributed by atoms with E-state index >= 15 is 0 Å². The molecule has 0 bridgehead atoms. The van der Waals surface area contributed by atoms with Crippen LogP contribution < -0.4 is 4.46 Å². The Morgan fingerprint density at radius 1 is 1.14 bits per heavy atom. The van der Waals surface area contributed by atoms with Crippen LogP contribution in [0.3, 0.4) is 0 Å². The molecular weight excluding hydrogens is 341 g/mol. The SMILES string of the molecule is C[C@@H](/C=C\C[Se]c1ccccc1[N+](=O)[O-])Cc1ccccc1. The Balaban J connectivity index is 1.84. The van der Waals surface area contributed by atoms with E-state index in [1.54, 1.807) is 12.1 Å². The van der Waals surface area contributed by atoms with E-state index in [0.29, 0.717) is 5.92 Å². The molecule has 2 rings (SSSR count). The van der Waals surface area contributed by atoms with Gasteiger partial charge in [0, 0.05) is 0 Å². The number of para-hydroxylation sites is 1. The number of benzene rings is 2. The first-order valence-corrected chi connectivity index (χ1v) is 9.30. The van der Waals surface area contributed by atoms with E-state index in [9.17, 15) is 10.1 Å². The van der Waals surface area contributed by atoms with Crippen molar-refractivity contribution < 1.29 is 4.92 Å². The van der Waals surface area contributed by atoms with Crippen LogP contribution in [0.2, 0.25) is 5.32 Å². The second-order valence-corrected chi connectivity index (χ2v) is 7.36. The fourth-order valence-corrected chi connectivity index (χ4v) is 4.00. The molecule has 0 saturated carbocycles. The van der Waals surface area contributed by atoms with Gasteiger partial charge in [0.25, 0.3) is 0 Å². The molecule has 2 aromatic rings. The summed E-state index contributed by atoms with van der Waals surface area (Å²) in [4.78, 5) is 10.7. The normalized spacial score (nSPS) is 12.4. The predicted molar refractivity (Wildman–Crippen MR) is 91.7 cm³/mol. The molecule has 4 heteroatoms. The Kier molecular flexibility index (Phi) is 6.38. The van der Waals surface area contributed by atoms with Crippen LogP contribution in [0, 0.1) is 16.0 Å². The molecule has 0 fully saturated rings. The molecule has 0 N–H and O–H groups in total. The third-order valence-electron chi connectivity index (χ3n) is 3.26. The van der Waals surface area contributed by atoms with Crippen LogP contribution in [0.15, 0.2) is 66.7 Å². The molecule has 0 radical (unpaired) electrons. The van der Waals surface area contributed by atoms with Crippen LogP contribution in [0.4, 0.5) is 5.69 Å². The molecule has 0 saturated heterocycles. The van der Waals surface area contributed by atoms with Gasteiger partial charge in [0.2, 0.25) is 0 Å². The van der Waals surface area contributed by atoms with Gasteiger partial charge in [-0.05, 0) is 0 Å². The second-order valence-electron chi connectivity index (χ2n) is 5.13. The molecule has 0 aromatic heterocycles. The van der Waals surface area contributed by atoms with E-state index in [1.165, 1.54) is 5.56 Å². The van der Waals surface area contributed by atoms with Gasteiger partial charge in [0.05, 0.1) is 0 Å². The number of hydrogen-bond donors (Lipinski definition) is 0. The van der Waals surface area contributed by atoms with Crippen molar-refractivity contribution >= 4 is 25.1 Å². The zero-order valence-electron chi connectivity index (χ0n) is 12.5. The minimum absolute atomic E-state index is 0.104. The van der Waals surface area contributed by atoms with Crippen molar-refractivity contribution in [3.05, 3.63) is 82.4 Å². The van der Waals surface area contributed by atoms with E-state index in [4.69, 9.17) is 0 Å². The number of nitro groups is 1. The first-order valence-electron chi connectivity index (χ1n) is 7.23. The number of allylic oxidation sites excluding steroid dienone is 2. The Labute approximate surface area is 137 Å². The van der Waals surface area contributed by atoms with Gasteiger partial charge in [-0.25, -0.2) is 0 Å². The molecule has 1 atom stereocenters. The third kappa shape index (κ3) is 5.14. The van der Waals surface area contributed by atoms with Gasteiger partial charge in [-0.3, -0.25) is 0 Å². The molecule has 2 aromatic carbocycles. The average molecular weight is 360 g/mol. The third-order valence-corrected chi connectivity index (χ3v) is 5.39. The summed E-state index contributed by atoms with van der Waals surface area (Å²) in [7, 11) is 0. The zero-order valence-corrected chi connectivity index (χ0v) is 14.2. The monoisotopic (exact) mass is 361 g/mol. The number of hydrogen-bond acceptors (Lipinski definition) is 2. The molecule has 3 nitrogen and oxygen atoms in total. The number of rotatable bonds is 7. The summed E-state index contributed by atoms with van der Waals surface area (Å²) in [6.07, 6.45) is 5.39. The van der Waals surface area contributed by atoms with Gasteiger partial charge < -0.3 is 0 Å². The molecule has 0 heterocycles. The maximum absolute atomic E-state index is 11.0. The summed E-state index contributed by atoms with van der Waals surface area (Å²) in [6.45, 7) is 2.20. The topological polar surface area (TPSA) is 43.1 Å². The molecule has 0 aliphatic rings. The molecule has 114 valence electrons. The number of nitro benzene ring substituents is 1. The maximum atomic E-state index is 11.0. The summed E-state index contributed by atoms with van der Waals surface area (Å²) >= 11 is 0.104. The summed E-state index contributed by atoms with van der Waals surface area (Å²) in [6, 6.07) is 17.5. The minimum atomic E-state index is -0.293. The van der Waals surface area contributed by atoms with Crippen LogP contribution >= 0.6 is 0 Å². The molecule has 0 spiro atoms. The molecule has 0 amide bonds. The first-order chi connectivity index (χ1) is 10.7. The summed E-state index contributed by atoms with van der Waals surface area (Å²) in [5.74, 6) is 0.476. The average Bonchev–Trinajstić information content (AvgIpc) is 2.53. The van der Waals surface area contributed by atoms with Crippen LogP contribution in [0.5, 0.6) is 0 Å². The zero-order chi connectivity index (χ0) is 15.8. The molecule has 22 heavy (non-hydrogen) atoms. The summed E-state index contributed by atoms with van der Waals surface area (Å²) in [5.41, 5.74) is 1.58. The van der Waals surface area contributed by atoms with E-state index in [-0.39, 0.29) is 25.6 Å². The Hall–Kier alpha value is -1.90. The second kappa shape index (κ2) is 8.52. The Bertz CT molecular complexity index is 641. The summed E-state index contributed by atoms with van der Waals surface area (Å²) < 4.78 is 0.861. The van der Waals surface area contributed by atoms with Gasteiger partial charge in [-0.15, -0.1) is 0 Å². The quantitative estimate of drug-likeness (QED) is 0.326. The van der Waals surface area contributed by atoms with Crippen molar-refractivity contribution in [3.8, 4) is 0 Å². The van der Waals surface area contributed by atoms with E-state index in [0.717, 1.165) is 16.2 Å². The van der Waals surface area contributed by atoms with Crippen molar-refractivity contribution in [2.45, 2.75) is 18.7 Å². The van der Waals surface area contributed by atoms with Crippen molar-refractivity contribution in [3.63, 3.8) is 0 Å². The Morgan fingerprint density at radius 3 is 2.55 bits per heavy atom. The van der Waals surface area contributed by atoms with Crippen LogP contribution in [0.25, 0.3) is 0 Å². The molecule has 0 aliphatic carbocycles. The standard InChI is InChI=1S/C18H19NO2Se/c1-15(14-16-9-3-2-4-10-16)8-7-13-22-18-12-6-5-11-17(18)19(20)21/h2-12,15H,13-14H2,1H3/b8-7-/t15-/m0/s1. The fourth-order valence-electron chi connectivity index (χ4n) is 2.21. The van der Waals surface area contributed by atoms with Gasteiger partial charge in [-0.2, -0.15) is 0 Å². The van der Waals surface area contributed by atoms with Crippen LogP contribution in [-0.4, -0.2) is 19.9 Å². The van der Waals surface area contributed by atoms with Crippen molar-refractivity contribution in [2.75, 3.05) is 0 Å². The van der Waals surface area contributed by atoms with Gasteiger partial charge in [0.1, 0.15) is 0 Å². The van der Waals surface area contributed by atoms with Gasteiger partial charge >= 0.3 is 137 Å². The van der Waals surface area contributed by atoms with Crippen molar-refractivity contribution in [1.29, 1.82) is 0 Å². The van der Waals surface area contributed by atoms with E-state index < -0.39 is 0 Å². The summed E-state index contributed by atoms with van der Waals surface area (Å²) in [5, 5.41) is 11.8. The van der Waals surface area contributed by atoms with Gasteiger partial charge in [0.15, 0.2) is 0 Å². The van der Waals surface area contributed by atoms with Gasteiger partial charge in [-0.1, -0.05) is 0 Å². The molecular formula is C18H19NO2Se. The predicted octanol–water partition coefficient (Wildman–Crippen LogP) is 3.78.